The Morgan fingerprint density at radius 1 is 0.956 bits per heavy atom. The molecule has 11 nitrogen and oxygen atoms in total. The second kappa shape index (κ2) is 17.7. The zero-order chi connectivity index (χ0) is 32.8. The molecule has 238 valence electrons. The lowest BCUT2D eigenvalue weighted by Crippen LogP contribution is -2.35. The van der Waals surface area contributed by atoms with Gasteiger partial charge in [0.05, 0.1) is 25.9 Å². The Hall–Kier alpha value is -4.52. The fourth-order valence-corrected chi connectivity index (χ4v) is 4.37. The van der Waals surface area contributed by atoms with Crippen LogP contribution in [0.2, 0.25) is 0 Å². The highest BCUT2D eigenvalue weighted by atomic mass is 16.3. The summed E-state index contributed by atoms with van der Waals surface area (Å²) < 4.78 is 0. The van der Waals surface area contributed by atoms with Crippen molar-refractivity contribution in [3.05, 3.63) is 101 Å². The molecule has 0 saturated carbocycles. The van der Waals surface area contributed by atoms with Crippen molar-refractivity contribution in [3.8, 4) is 11.1 Å². The predicted octanol–water partition coefficient (Wildman–Crippen LogP) is 3.11. The summed E-state index contributed by atoms with van der Waals surface area (Å²) in [5, 5.41) is 39.3. The van der Waals surface area contributed by atoms with Gasteiger partial charge in [-0.1, -0.05) is 43.0 Å². The molecule has 45 heavy (non-hydrogen) atoms. The second-order valence-corrected chi connectivity index (χ2v) is 10.3. The maximum Gasteiger partial charge on any atom is 0.274 e. The number of aliphatic hydroxyl groups is 3. The van der Waals surface area contributed by atoms with Crippen LogP contribution < -0.4 is 21.3 Å². The van der Waals surface area contributed by atoms with Crippen LogP contribution in [0.1, 0.15) is 34.1 Å². The SMILES string of the molecule is C=C(N=C/C(=C\C)CNCCO)C(=O)Nc1cccc(-c2cccc(NC(=O)c3ccc(CNC(CO)CO)cn3)c2C)c1C. The lowest BCUT2D eigenvalue weighted by atomic mass is 9.94. The first-order valence-corrected chi connectivity index (χ1v) is 14.6. The van der Waals surface area contributed by atoms with Gasteiger partial charge in [-0.3, -0.25) is 19.6 Å². The number of anilines is 2. The molecule has 0 saturated heterocycles. The van der Waals surface area contributed by atoms with Gasteiger partial charge >= 0.3 is 0 Å². The number of benzene rings is 2. The van der Waals surface area contributed by atoms with E-state index in [0.29, 0.717) is 31.0 Å². The number of amides is 2. The van der Waals surface area contributed by atoms with Crippen molar-refractivity contribution in [1.29, 1.82) is 0 Å². The highest BCUT2D eigenvalue weighted by Gasteiger charge is 2.16. The van der Waals surface area contributed by atoms with Gasteiger partial charge in [-0.25, -0.2) is 0 Å². The van der Waals surface area contributed by atoms with Gasteiger partial charge in [-0.15, -0.1) is 0 Å². The molecule has 0 spiro atoms. The first-order chi connectivity index (χ1) is 21.7. The predicted molar refractivity (Wildman–Crippen MR) is 178 cm³/mol. The van der Waals surface area contributed by atoms with Crippen molar-refractivity contribution in [3.63, 3.8) is 0 Å². The number of aliphatic imine (C=N–C) groups is 1. The second-order valence-electron chi connectivity index (χ2n) is 10.3. The normalized spacial score (nSPS) is 11.7. The molecule has 0 atom stereocenters. The van der Waals surface area contributed by atoms with Gasteiger partial charge in [0.2, 0.25) is 0 Å². The van der Waals surface area contributed by atoms with Crippen molar-refractivity contribution in [2.75, 3.05) is 43.5 Å². The Morgan fingerprint density at radius 3 is 2.16 bits per heavy atom. The van der Waals surface area contributed by atoms with Crippen molar-refractivity contribution >= 4 is 29.4 Å². The van der Waals surface area contributed by atoms with Gasteiger partial charge in [0, 0.05) is 43.4 Å². The van der Waals surface area contributed by atoms with Gasteiger partial charge in [-0.2, -0.15) is 0 Å². The average molecular weight is 615 g/mol. The zero-order valence-electron chi connectivity index (χ0n) is 25.9. The number of nitrogens with zero attached hydrogens (tertiary/aromatic N) is 2. The van der Waals surface area contributed by atoms with Crippen molar-refractivity contribution < 1.29 is 24.9 Å². The molecule has 2 aromatic carbocycles. The van der Waals surface area contributed by atoms with E-state index < -0.39 is 11.9 Å². The fraction of sp³-hybridized carbons (Fsp3) is 0.294. The molecule has 11 heteroatoms. The Balaban J connectivity index is 1.71. The van der Waals surface area contributed by atoms with E-state index in [1.54, 1.807) is 24.5 Å². The number of allylic oxidation sites excluding steroid dienone is 1. The van der Waals surface area contributed by atoms with Crippen LogP contribution in [0.5, 0.6) is 0 Å². The fourth-order valence-electron chi connectivity index (χ4n) is 4.37. The summed E-state index contributed by atoms with van der Waals surface area (Å²) in [5.41, 5.74) is 6.68. The Morgan fingerprint density at radius 2 is 1.60 bits per heavy atom. The number of aliphatic hydroxyl groups excluding tert-OH is 3. The van der Waals surface area contributed by atoms with Gasteiger partial charge in [0.1, 0.15) is 11.4 Å². The largest absolute Gasteiger partial charge is 0.395 e. The third-order valence-corrected chi connectivity index (χ3v) is 7.18. The number of nitrogens with one attached hydrogen (secondary N) is 4. The first-order valence-electron chi connectivity index (χ1n) is 14.6. The zero-order valence-corrected chi connectivity index (χ0v) is 25.9. The number of carbonyl (C=O) groups is 2. The summed E-state index contributed by atoms with van der Waals surface area (Å²) in [6.07, 6.45) is 5.02. The molecule has 3 aromatic rings. The van der Waals surface area contributed by atoms with E-state index >= 15 is 0 Å². The molecule has 0 aliphatic heterocycles. The molecule has 3 rings (SSSR count). The standard InChI is InChI=1S/C34H42N6O5/c1-5-25(16-35-14-15-41)17-36-24(4)33(44)39-30-10-6-8-28(22(30)2)29-9-7-11-31(23(29)3)40-34(45)32-13-12-26(19-38-32)18-37-27(20-42)21-43/h5-13,17,19,27,35,37,41-43H,4,14-16,18,20-21H2,1-3H3,(H,39,44)(H,40,45)/b25-5-,36-17?. The Kier molecular flexibility index (Phi) is 13.7. The minimum Gasteiger partial charge on any atom is -0.395 e. The summed E-state index contributed by atoms with van der Waals surface area (Å²) >= 11 is 0. The van der Waals surface area contributed by atoms with Crippen LogP contribution in [0, 0.1) is 13.8 Å². The number of aromatic nitrogens is 1. The van der Waals surface area contributed by atoms with Crippen LogP contribution in [-0.2, 0) is 11.3 Å². The van der Waals surface area contributed by atoms with Crippen LogP contribution in [-0.4, -0.2) is 77.3 Å². The van der Waals surface area contributed by atoms with Gasteiger partial charge in [0.15, 0.2) is 0 Å². The highest BCUT2D eigenvalue weighted by Crippen LogP contribution is 2.34. The molecule has 7 N–H and O–H groups in total. The van der Waals surface area contributed by atoms with Gasteiger partial charge in [-0.05, 0) is 72.4 Å². The third-order valence-electron chi connectivity index (χ3n) is 7.18. The molecular weight excluding hydrogens is 572 g/mol. The maximum absolute atomic E-state index is 13.0. The molecular formula is C34H42N6O5. The third kappa shape index (κ3) is 10.00. The number of hydrogen-bond donors (Lipinski definition) is 7. The quantitative estimate of drug-likeness (QED) is 0.0734. The van der Waals surface area contributed by atoms with E-state index in [9.17, 15) is 19.8 Å². The summed E-state index contributed by atoms with van der Waals surface area (Å²) in [7, 11) is 0. The first kappa shape index (κ1) is 35.0. The maximum atomic E-state index is 13.0. The summed E-state index contributed by atoms with van der Waals surface area (Å²) in [6, 6.07) is 14.2. The van der Waals surface area contributed by atoms with E-state index in [2.05, 4.69) is 37.8 Å². The summed E-state index contributed by atoms with van der Waals surface area (Å²) in [6.45, 7) is 10.5. The minimum atomic E-state index is -0.432. The topological polar surface area (TPSA) is 168 Å². The number of carbonyl (C=O) groups excluding carboxylic acids is 2. The van der Waals surface area contributed by atoms with Crippen LogP contribution >= 0.6 is 0 Å². The van der Waals surface area contributed by atoms with Gasteiger partial charge < -0.3 is 36.6 Å². The molecule has 0 unspecified atom stereocenters. The Labute approximate surface area is 263 Å². The van der Waals surface area contributed by atoms with Gasteiger partial charge in [0.25, 0.3) is 11.8 Å². The van der Waals surface area contributed by atoms with Crippen molar-refractivity contribution in [1.82, 2.24) is 15.6 Å². The number of rotatable bonds is 16. The van der Waals surface area contributed by atoms with E-state index in [0.717, 1.165) is 33.4 Å². The lowest BCUT2D eigenvalue weighted by Gasteiger charge is -2.17. The highest BCUT2D eigenvalue weighted by molar-refractivity contribution is 6.06. The van der Waals surface area contributed by atoms with E-state index in [-0.39, 0.29) is 37.1 Å². The number of pyridine rings is 1. The molecule has 0 aliphatic rings. The van der Waals surface area contributed by atoms with Crippen LogP contribution in [0.25, 0.3) is 11.1 Å². The average Bonchev–Trinajstić information content (AvgIpc) is 3.05. The van der Waals surface area contributed by atoms with E-state index in [4.69, 9.17) is 5.11 Å². The molecule has 0 aliphatic carbocycles. The van der Waals surface area contributed by atoms with E-state index in [1.165, 1.54) is 0 Å². The van der Waals surface area contributed by atoms with E-state index in [1.807, 2.05) is 63.2 Å². The van der Waals surface area contributed by atoms with Crippen LogP contribution in [0.15, 0.2) is 83.6 Å². The van der Waals surface area contributed by atoms with Crippen LogP contribution in [0.4, 0.5) is 11.4 Å². The smallest absolute Gasteiger partial charge is 0.274 e. The molecule has 0 bridgehead atoms. The monoisotopic (exact) mass is 614 g/mol. The lowest BCUT2D eigenvalue weighted by molar-refractivity contribution is -0.112. The molecule has 0 radical (unpaired) electrons. The summed E-state index contributed by atoms with van der Waals surface area (Å²) in [4.78, 5) is 34.4. The molecule has 0 fully saturated rings. The molecule has 1 aromatic heterocycles. The Bertz CT molecular complexity index is 1530. The summed E-state index contributed by atoms with van der Waals surface area (Å²) in [5.74, 6) is -0.792. The van der Waals surface area contributed by atoms with Crippen molar-refractivity contribution in [2.24, 2.45) is 4.99 Å². The molecule has 2 amide bonds. The van der Waals surface area contributed by atoms with Crippen LogP contribution in [0.3, 0.4) is 0 Å². The minimum absolute atomic E-state index is 0.0338. The molecule has 1 heterocycles. The van der Waals surface area contributed by atoms with Crippen molar-refractivity contribution in [2.45, 2.75) is 33.4 Å². The number of hydrogen-bond acceptors (Lipinski definition) is 9.